The standard InChI is InChI=1S/C18H15N3O6S/c1-11-7-13(28-10-19)4-5-14(11)20-17(22)9-27-16-6-3-12(18(23)26-2)8-15(16)21(24)25/h3-8H,9H2,1-2H3,(H,20,22). The van der Waals surface area contributed by atoms with E-state index in [9.17, 15) is 19.7 Å². The third-order valence-corrected chi connectivity index (χ3v) is 4.15. The molecule has 2 aromatic carbocycles. The Hall–Kier alpha value is -3.58. The maximum atomic E-state index is 12.1. The van der Waals surface area contributed by atoms with E-state index in [-0.39, 0.29) is 11.3 Å². The molecule has 0 aliphatic carbocycles. The van der Waals surface area contributed by atoms with Gasteiger partial charge in [0.25, 0.3) is 5.91 Å². The molecule has 0 spiro atoms. The highest BCUT2D eigenvalue weighted by Gasteiger charge is 2.20. The summed E-state index contributed by atoms with van der Waals surface area (Å²) in [4.78, 5) is 34.8. The molecule has 0 heterocycles. The number of benzene rings is 2. The van der Waals surface area contributed by atoms with E-state index < -0.39 is 29.1 Å². The van der Waals surface area contributed by atoms with Gasteiger partial charge in [0.1, 0.15) is 5.40 Å². The number of methoxy groups -OCH3 is 1. The van der Waals surface area contributed by atoms with Crippen molar-refractivity contribution >= 4 is 35.0 Å². The van der Waals surface area contributed by atoms with Crippen LogP contribution in [-0.4, -0.2) is 30.5 Å². The summed E-state index contributed by atoms with van der Waals surface area (Å²) in [6.07, 6.45) is 0. The van der Waals surface area contributed by atoms with Gasteiger partial charge in [-0.25, -0.2) is 4.79 Å². The van der Waals surface area contributed by atoms with Crippen LogP contribution in [0.2, 0.25) is 0 Å². The first kappa shape index (κ1) is 20.7. The van der Waals surface area contributed by atoms with Crippen LogP contribution in [-0.2, 0) is 9.53 Å². The van der Waals surface area contributed by atoms with E-state index in [2.05, 4.69) is 10.1 Å². The number of nitro groups is 1. The van der Waals surface area contributed by atoms with Gasteiger partial charge in [-0.15, -0.1) is 0 Å². The predicted molar refractivity (Wildman–Crippen MR) is 101 cm³/mol. The van der Waals surface area contributed by atoms with Crippen LogP contribution in [0.3, 0.4) is 0 Å². The largest absolute Gasteiger partial charge is 0.477 e. The molecule has 0 bridgehead atoms. The fourth-order valence-corrected chi connectivity index (χ4v) is 2.73. The van der Waals surface area contributed by atoms with Gasteiger partial charge in [0.05, 0.1) is 17.6 Å². The normalized spacial score (nSPS) is 9.89. The van der Waals surface area contributed by atoms with Crippen LogP contribution < -0.4 is 10.1 Å². The van der Waals surface area contributed by atoms with Crippen LogP contribution in [0, 0.1) is 27.7 Å². The molecule has 0 saturated heterocycles. The van der Waals surface area contributed by atoms with E-state index in [0.29, 0.717) is 5.69 Å². The summed E-state index contributed by atoms with van der Waals surface area (Å²) in [5, 5.41) is 24.5. The molecule has 0 radical (unpaired) electrons. The highest BCUT2D eigenvalue weighted by atomic mass is 32.2. The number of ether oxygens (including phenoxy) is 2. The van der Waals surface area contributed by atoms with Gasteiger partial charge in [0.15, 0.2) is 12.4 Å². The number of thiocyanates is 1. The number of nitro benzene ring substituents is 1. The molecular formula is C18H15N3O6S. The summed E-state index contributed by atoms with van der Waals surface area (Å²) >= 11 is 1.00. The Bertz CT molecular complexity index is 970. The van der Waals surface area contributed by atoms with Crippen LogP contribution in [0.1, 0.15) is 15.9 Å². The number of nitriles is 1. The molecule has 0 unspecified atom stereocenters. The minimum atomic E-state index is -0.721. The molecule has 0 atom stereocenters. The zero-order valence-electron chi connectivity index (χ0n) is 14.9. The van der Waals surface area contributed by atoms with Crippen molar-refractivity contribution in [1.29, 1.82) is 5.26 Å². The van der Waals surface area contributed by atoms with Crippen molar-refractivity contribution in [3.8, 4) is 11.2 Å². The summed E-state index contributed by atoms with van der Waals surface area (Å²) in [5.74, 6) is -1.39. The molecule has 1 amide bonds. The number of carbonyl (C=O) groups excluding carboxylic acids is 2. The number of amides is 1. The van der Waals surface area contributed by atoms with Crippen LogP contribution in [0.5, 0.6) is 5.75 Å². The monoisotopic (exact) mass is 401 g/mol. The van der Waals surface area contributed by atoms with Crippen LogP contribution in [0.15, 0.2) is 41.3 Å². The smallest absolute Gasteiger partial charge is 0.338 e. The number of nitrogens with zero attached hydrogens (tertiary/aromatic N) is 2. The van der Waals surface area contributed by atoms with Gasteiger partial charge in [-0.3, -0.25) is 14.9 Å². The van der Waals surface area contributed by atoms with E-state index in [4.69, 9.17) is 10.00 Å². The highest BCUT2D eigenvalue weighted by Crippen LogP contribution is 2.28. The molecular weight excluding hydrogens is 386 g/mol. The van der Waals surface area contributed by atoms with Gasteiger partial charge in [0, 0.05) is 16.6 Å². The van der Waals surface area contributed by atoms with E-state index in [1.54, 1.807) is 25.1 Å². The molecule has 1 N–H and O–H groups in total. The average Bonchev–Trinajstić information content (AvgIpc) is 2.68. The second-order valence-corrected chi connectivity index (χ2v) is 6.30. The Labute approximate surface area is 164 Å². The van der Waals surface area contributed by atoms with Crippen LogP contribution >= 0.6 is 11.8 Å². The van der Waals surface area contributed by atoms with Gasteiger partial charge in [-0.05, 0) is 54.6 Å². The predicted octanol–water partition coefficient (Wildman–Crippen LogP) is 3.28. The van der Waals surface area contributed by atoms with E-state index in [1.165, 1.54) is 12.1 Å². The van der Waals surface area contributed by atoms with E-state index in [0.717, 1.165) is 35.4 Å². The lowest BCUT2D eigenvalue weighted by atomic mass is 10.2. The summed E-state index contributed by atoms with van der Waals surface area (Å²) in [6, 6.07) is 8.66. The zero-order valence-corrected chi connectivity index (χ0v) is 15.7. The van der Waals surface area contributed by atoms with E-state index in [1.807, 2.05) is 5.40 Å². The number of thioether (sulfide) groups is 1. The highest BCUT2D eigenvalue weighted by molar-refractivity contribution is 8.03. The van der Waals surface area contributed by atoms with Gasteiger partial charge in [-0.2, -0.15) is 5.26 Å². The molecule has 9 nitrogen and oxygen atoms in total. The Morgan fingerprint density at radius 3 is 2.64 bits per heavy atom. The molecule has 0 saturated carbocycles. The number of rotatable bonds is 7. The molecule has 0 aromatic heterocycles. The molecule has 0 aliphatic rings. The van der Waals surface area contributed by atoms with Crippen molar-refractivity contribution in [3.63, 3.8) is 0 Å². The number of hydrogen-bond donors (Lipinski definition) is 1. The second kappa shape index (κ2) is 9.38. The van der Waals surface area contributed by atoms with Crippen molar-refractivity contribution in [2.45, 2.75) is 11.8 Å². The third-order valence-electron chi connectivity index (χ3n) is 3.57. The molecule has 2 aromatic rings. The number of esters is 1. The lowest BCUT2D eigenvalue weighted by molar-refractivity contribution is -0.385. The fourth-order valence-electron chi connectivity index (χ4n) is 2.25. The summed E-state index contributed by atoms with van der Waals surface area (Å²) < 4.78 is 9.77. The number of aryl methyl sites for hydroxylation is 1. The number of anilines is 1. The molecule has 0 aliphatic heterocycles. The Kier molecular flexibility index (Phi) is 6.95. The number of carbonyl (C=O) groups is 2. The summed E-state index contributed by atoms with van der Waals surface area (Å²) in [6.45, 7) is 1.31. The van der Waals surface area contributed by atoms with Crippen molar-refractivity contribution in [3.05, 3.63) is 57.6 Å². The van der Waals surface area contributed by atoms with Gasteiger partial charge < -0.3 is 14.8 Å². The third kappa shape index (κ3) is 5.21. The quantitative estimate of drug-likeness (QED) is 0.246. The fraction of sp³-hybridized carbons (Fsp3) is 0.167. The van der Waals surface area contributed by atoms with Gasteiger partial charge in [0.2, 0.25) is 0 Å². The average molecular weight is 401 g/mol. The number of hydrogen-bond acceptors (Lipinski definition) is 8. The van der Waals surface area contributed by atoms with Gasteiger partial charge >= 0.3 is 11.7 Å². The second-order valence-electron chi connectivity index (χ2n) is 5.44. The summed E-state index contributed by atoms with van der Waals surface area (Å²) in [7, 11) is 1.16. The maximum absolute atomic E-state index is 12.1. The maximum Gasteiger partial charge on any atom is 0.338 e. The molecule has 28 heavy (non-hydrogen) atoms. The molecule has 10 heteroatoms. The minimum Gasteiger partial charge on any atom is -0.477 e. The Morgan fingerprint density at radius 1 is 1.29 bits per heavy atom. The Balaban J connectivity index is 2.07. The Morgan fingerprint density at radius 2 is 2.04 bits per heavy atom. The zero-order chi connectivity index (χ0) is 20.7. The first-order valence-corrected chi connectivity index (χ1v) is 8.63. The first-order chi connectivity index (χ1) is 13.3. The molecule has 0 fully saturated rings. The van der Waals surface area contributed by atoms with Crippen molar-refractivity contribution < 1.29 is 24.0 Å². The van der Waals surface area contributed by atoms with E-state index >= 15 is 0 Å². The topological polar surface area (TPSA) is 132 Å². The van der Waals surface area contributed by atoms with Crippen LogP contribution in [0.4, 0.5) is 11.4 Å². The molecule has 2 rings (SSSR count). The lowest BCUT2D eigenvalue weighted by Gasteiger charge is -2.11. The SMILES string of the molecule is COC(=O)c1ccc(OCC(=O)Nc2ccc(SC#N)cc2C)c([N+](=O)[O-])c1. The van der Waals surface area contributed by atoms with Crippen molar-refractivity contribution in [2.24, 2.45) is 0 Å². The van der Waals surface area contributed by atoms with Crippen molar-refractivity contribution in [1.82, 2.24) is 0 Å². The van der Waals surface area contributed by atoms with Crippen LogP contribution in [0.25, 0.3) is 0 Å². The van der Waals surface area contributed by atoms with Crippen molar-refractivity contribution in [2.75, 3.05) is 19.0 Å². The lowest BCUT2D eigenvalue weighted by Crippen LogP contribution is -2.21. The van der Waals surface area contributed by atoms with Gasteiger partial charge in [-0.1, -0.05) is 0 Å². The number of nitrogens with one attached hydrogen (secondary N) is 1. The minimum absolute atomic E-state index is 0.00282. The first-order valence-electron chi connectivity index (χ1n) is 7.81. The summed E-state index contributed by atoms with van der Waals surface area (Å²) in [5.41, 5.74) is 0.829. The molecule has 144 valence electrons.